The second-order valence-electron chi connectivity index (χ2n) is 7.37. The Hall–Kier alpha value is -3.98. The Morgan fingerprint density at radius 2 is 2.06 bits per heavy atom. The zero-order valence-corrected chi connectivity index (χ0v) is 17.5. The number of carboxylic acid groups (broad SMARTS) is 1. The smallest absolute Gasteiger partial charge is 0.335 e. The average Bonchev–Trinajstić information content (AvgIpc) is 3.39. The van der Waals surface area contributed by atoms with Gasteiger partial charge in [-0.2, -0.15) is 9.78 Å². The highest BCUT2D eigenvalue weighted by atomic mass is 35.5. The fourth-order valence-corrected chi connectivity index (χ4v) is 3.98. The van der Waals surface area contributed by atoms with E-state index >= 15 is 0 Å². The topological polar surface area (TPSA) is 123 Å². The number of carboxylic acids is 1. The Labute approximate surface area is 186 Å². The van der Waals surface area contributed by atoms with Gasteiger partial charge in [0.1, 0.15) is 17.3 Å². The van der Waals surface area contributed by atoms with Gasteiger partial charge in [0.05, 0.1) is 17.2 Å². The van der Waals surface area contributed by atoms with Gasteiger partial charge in [-0.05, 0) is 43.3 Å². The van der Waals surface area contributed by atoms with Gasteiger partial charge in [0.15, 0.2) is 11.0 Å². The van der Waals surface area contributed by atoms with Crippen LogP contribution in [0.3, 0.4) is 0 Å². The summed E-state index contributed by atoms with van der Waals surface area (Å²) in [5.41, 5.74) is 2.34. The summed E-state index contributed by atoms with van der Waals surface area (Å²) >= 11 is 5.84. The number of furan rings is 1. The second-order valence-corrected chi connectivity index (χ2v) is 7.75. The van der Waals surface area contributed by atoms with Crippen LogP contribution < -0.4 is 5.32 Å². The molecule has 1 amide bonds. The van der Waals surface area contributed by atoms with Gasteiger partial charge < -0.3 is 14.8 Å². The lowest BCUT2D eigenvalue weighted by Gasteiger charge is -2.22. The number of anilines is 1. The molecule has 10 heteroatoms. The molecular formula is C22H16ClN5O4. The van der Waals surface area contributed by atoms with E-state index in [-0.39, 0.29) is 29.0 Å². The minimum atomic E-state index is -1.01. The number of carbonyl (C=O) groups excluding carboxylic acids is 1. The number of aromatic carboxylic acids is 1. The predicted octanol–water partition coefficient (Wildman–Crippen LogP) is 4.06. The summed E-state index contributed by atoms with van der Waals surface area (Å²) in [7, 11) is 0. The number of hydrogen-bond donors (Lipinski definition) is 2. The second kappa shape index (κ2) is 7.61. The van der Waals surface area contributed by atoms with Crippen LogP contribution in [-0.2, 0) is 4.79 Å². The highest BCUT2D eigenvalue weighted by Crippen LogP contribution is 2.41. The fraction of sp³-hybridized carbons (Fsp3) is 0.136. The number of carbonyl (C=O) groups is 2. The summed E-state index contributed by atoms with van der Waals surface area (Å²) in [5.74, 6) is 0.476. The minimum Gasteiger partial charge on any atom is -0.478 e. The SMILES string of the molecule is Cc1nn(-c2ccc(Cl)nn2)c2c1C(c1ccc(-c3cccc(C(=O)O)c3)o1)CC(=O)N2. The van der Waals surface area contributed by atoms with Crippen LogP contribution in [0.1, 0.15) is 39.7 Å². The van der Waals surface area contributed by atoms with Crippen molar-refractivity contribution in [2.75, 3.05) is 5.32 Å². The number of fused-ring (bicyclic) bond motifs is 1. The molecule has 0 saturated heterocycles. The first-order valence-corrected chi connectivity index (χ1v) is 10.1. The lowest BCUT2D eigenvalue weighted by atomic mass is 9.90. The highest BCUT2D eigenvalue weighted by Gasteiger charge is 2.34. The number of rotatable bonds is 4. The summed E-state index contributed by atoms with van der Waals surface area (Å²) in [6.45, 7) is 1.85. The van der Waals surface area contributed by atoms with Crippen molar-refractivity contribution in [2.24, 2.45) is 0 Å². The zero-order valence-electron chi connectivity index (χ0n) is 16.7. The summed E-state index contributed by atoms with van der Waals surface area (Å²) in [5, 5.41) is 24.8. The number of aromatic nitrogens is 4. The Balaban J connectivity index is 1.56. The number of aryl methyl sites for hydroxylation is 1. The molecule has 0 spiro atoms. The van der Waals surface area contributed by atoms with E-state index in [0.717, 1.165) is 5.56 Å². The summed E-state index contributed by atoms with van der Waals surface area (Å²) < 4.78 is 7.61. The van der Waals surface area contributed by atoms with E-state index in [2.05, 4.69) is 20.6 Å². The number of nitrogens with one attached hydrogen (secondary N) is 1. The number of halogens is 1. The summed E-state index contributed by atoms with van der Waals surface area (Å²) in [6, 6.07) is 13.3. The van der Waals surface area contributed by atoms with Crippen LogP contribution >= 0.6 is 11.6 Å². The molecule has 32 heavy (non-hydrogen) atoms. The van der Waals surface area contributed by atoms with Crippen LogP contribution in [0.2, 0.25) is 5.15 Å². The van der Waals surface area contributed by atoms with Crippen molar-refractivity contribution in [3.05, 3.63) is 76.3 Å². The molecule has 0 radical (unpaired) electrons. The van der Waals surface area contributed by atoms with Crippen molar-refractivity contribution < 1.29 is 19.1 Å². The predicted molar refractivity (Wildman–Crippen MR) is 115 cm³/mol. The van der Waals surface area contributed by atoms with Gasteiger partial charge in [0.25, 0.3) is 0 Å². The molecule has 5 rings (SSSR count). The van der Waals surface area contributed by atoms with E-state index in [1.54, 1.807) is 42.5 Å². The molecule has 4 aromatic rings. The van der Waals surface area contributed by atoms with Gasteiger partial charge in [-0.1, -0.05) is 23.7 Å². The van der Waals surface area contributed by atoms with Gasteiger partial charge in [0, 0.05) is 17.5 Å². The molecule has 1 aromatic carbocycles. The largest absolute Gasteiger partial charge is 0.478 e. The maximum absolute atomic E-state index is 12.5. The Morgan fingerprint density at radius 1 is 1.22 bits per heavy atom. The van der Waals surface area contributed by atoms with E-state index in [4.69, 9.17) is 16.0 Å². The molecule has 0 saturated carbocycles. The first kappa shape index (κ1) is 20.0. The van der Waals surface area contributed by atoms with Gasteiger partial charge in [-0.25, -0.2) is 4.79 Å². The summed E-state index contributed by atoms with van der Waals surface area (Å²) in [4.78, 5) is 23.8. The zero-order chi connectivity index (χ0) is 22.4. The van der Waals surface area contributed by atoms with Crippen molar-refractivity contribution in [1.82, 2.24) is 20.0 Å². The third kappa shape index (κ3) is 3.42. The van der Waals surface area contributed by atoms with Crippen LogP contribution in [0, 0.1) is 6.92 Å². The first-order valence-electron chi connectivity index (χ1n) is 9.73. The fourth-order valence-electron chi connectivity index (χ4n) is 3.88. The monoisotopic (exact) mass is 449 g/mol. The van der Waals surface area contributed by atoms with Gasteiger partial charge in [-0.15, -0.1) is 10.2 Å². The molecular weight excluding hydrogens is 434 g/mol. The molecule has 1 aliphatic heterocycles. The van der Waals surface area contributed by atoms with Gasteiger partial charge in [0.2, 0.25) is 5.91 Å². The van der Waals surface area contributed by atoms with E-state index < -0.39 is 5.97 Å². The van der Waals surface area contributed by atoms with Crippen molar-refractivity contribution in [2.45, 2.75) is 19.3 Å². The van der Waals surface area contributed by atoms with E-state index in [9.17, 15) is 14.7 Å². The molecule has 1 unspecified atom stereocenters. The Bertz CT molecular complexity index is 1360. The maximum Gasteiger partial charge on any atom is 0.335 e. The molecule has 1 aliphatic rings. The molecule has 9 nitrogen and oxygen atoms in total. The molecule has 1 atom stereocenters. The third-order valence-corrected chi connectivity index (χ3v) is 5.50. The average molecular weight is 450 g/mol. The Kier molecular flexibility index (Phi) is 4.75. The molecule has 0 aliphatic carbocycles. The lowest BCUT2D eigenvalue weighted by molar-refractivity contribution is -0.116. The van der Waals surface area contributed by atoms with Crippen molar-refractivity contribution in [1.29, 1.82) is 0 Å². The Morgan fingerprint density at radius 3 is 2.81 bits per heavy atom. The molecule has 0 bridgehead atoms. The summed E-state index contributed by atoms with van der Waals surface area (Å²) in [6.07, 6.45) is 0.188. The molecule has 160 valence electrons. The number of benzene rings is 1. The maximum atomic E-state index is 12.5. The van der Waals surface area contributed by atoms with Crippen LogP contribution in [0.15, 0.2) is 52.9 Å². The van der Waals surface area contributed by atoms with Crippen molar-refractivity contribution in [3.63, 3.8) is 0 Å². The van der Waals surface area contributed by atoms with E-state index in [1.165, 1.54) is 10.7 Å². The van der Waals surface area contributed by atoms with Gasteiger partial charge in [-0.3, -0.25) is 4.79 Å². The number of amides is 1. The molecule has 0 fully saturated rings. The van der Waals surface area contributed by atoms with Crippen molar-refractivity contribution >= 4 is 29.3 Å². The van der Waals surface area contributed by atoms with Crippen LogP contribution in [0.5, 0.6) is 0 Å². The highest BCUT2D eigenvalue weighted by molar-refractivity contribution is 6.29. The molecule has 4 heterocycles. The molecule has 2 N–H and O–H groups in total. The van der Waals surface area contributed by atoms with Crippen LogP contribution in [0.4, 0.5) is 5.82 Å². The van der Waals surface area contributed by atoms with Gasteiger partial charge >= 0.3 is 5.97 Å². The van der Waals surface area contributed by atoms with E-state index in [1.807, 2.05) is 6.92 Å². The quantitative estimate of drug-likeness (QED) is 0.481. The standard InChI is InChI=1S/C22H16ClN5O4/c1-11-20-14(16-6-5-15(32-16)12-3-2-4-13(9-12)22(30)31)10-19(29)24-21(20)28(27-11)18-8-7-17(23)25-26-18/h2-9,14H,10H2,1H3,(H,24,29)(H,30,31). The minimum absolute atomic E-state index is 0.168. The van der Waals surface area contributed by atoms with Crippen molar-refractivity contribution in [3.8, 4) is 17.1 Å². The molecule has 3 aromatic heterocycles. The number of hydrogen-bond acceptors (Lipinski definition) is 6. The third-order valence-electron chi connectivity index (χ3n) is 5.30. The normalized spacial score (nSPS) is 15.3. The lowest BCUT2D eigenvalue weighted by Crippen LogP contribution is -2.24. The van der Waals surface area contributed by atoms with E-state index in [0.29, 0.717) is 34.4 Å². The first-order chi connectivity index (χ1) is 15.4. The van der Waals surface area contributed by atoms with Crippen LogP contribution in [-0.4, -0.2) is 37.0 Å². The van der Waals surface area contributed by atoms with Crippen LogP contribution in [0.25, 0.3) is 17.1 Å². The number of nitrogens with zero attached hydrogens (tertiary/aromatic N) is 4.